The van der Waals surface area contributed by atoms with Gasteiger partial charge in [0, 0.05) is 29.8 Å². The molecule has 158 valence electrons. The minimum atomic E-state index is -0.200. The Morgan fingerprint density at radius 1 is 1.07 bits per heavy atom. The highest BCUT2D eigenvalue weighted by molar-refractivity contribution is 9.10. The van der Waals surface area contributed by atoms with Crippen molar-refractivity contribution in [3.63, 3.8) is 0 Å². The summed E-state index contributed by atoms with van der Waals surface area (Å²) < 4.78 is 13.7. The van der Waals surface area contributed by atoms with E-state index in [-0.39, 0.29) is 18.0 Å². The summed E-state index contributed by atoms with van der Waals surface area (Å²) in [5, 5.41) is 0. The number of benzene rings is 1. The Morgan fingerprint density at radius 2 is 1.86 bits per heavy atom. The zero-order valence-electron chi connectivity index (χ0n) is 17.3. The Morgan fingerprint density at radius 3 is 2.55 bits per heavy atom. The van der Waals surface area contributed by atoms with Gasteiger partial charge in [-0.15, -0.1) is 0 Å². The predicted molar refractivity (Wildman–Crippen MR) is 118 cm³/mol. The third-order valence-electron chi connectivity index (χ3n) is 4.24. The smallest absolute Gasteiger partial charge is 0.251 e. The van der Waals surface area contributed by atoms with Crippen LogP contribution < -0.4 is 15.0 Å². The van der Waals surface area contributed by atoms with E-state index in [1.54, 1.807) is 17.2 Å². The van der Waals surface area contributed by atoms with Crippen molar-refractivity contribution < 1.29 is 14.3 Å². The SMILES string of the molecule is CCCOc1ccc(CN(CCC)C(=O)Cn2cc(Br)ccc2=O)cc1OCC. The lowest BCUT2D eigenvalue weighted by Crippen LogP contribution is -2.36. The fourth-order valence-electron chi connectivity index (χ4n) is 2.90. The normalized spacial score (nSPS) is 10.6. The van der Waals surface area contributed by atoms with Gasteiger partial charge in [-0.05, 0) is 59.5 Å². The number of ether oxygens (including phenoxy) is 2. The molecule has 0 aliphatic rings. The molecule has 7 heteroatoms. The molecule has 0 saturated carbocycles. The van der Waals surface area contributed by atoms with Crippen LogP contribution in [0.4, 0.5) is 0 Å². The van der Waals surface area contributed by atoms with Crippen molar-refractivity contribution in [1.29, 1.82) is 0 Å². The highest BCUT2D eigenvalue weighted by atomic mass is 79.9. The molecule has 0 radical (unpaired) electrons. The first kappa shape index (κ1) is 23.0. The second kappa shape index (κ2) is 11.7. The molecule has 0 spiro atoms. The van der Waals surface area contributed by atoms with Gasteiger partial charge in [0.05, 0.1) is 13.2 Å². The summed E-state index contributed by atoms with van der Waals surface area (Å²) >= 11 is 3.34. The zero-order valence-corrected chi connectivity index (χ0v) is 18.9. The van der Waals surface area contributed by atoms with Crippen LogP contribution in [-0.4, -0.2) is 35.1 Å². The molecule has 0 saturated heterocycles. The van der Waals surface area contributed by atoms with E-state index >= 15 is 0 Å². The van der Waals surface area contributed by atoms with Crippen molar-refractivity contribution in [3.05, 3.63) is 56.9 Å². The van der Waals surface area contributed by atoms with E-state index in [9.17, 15) is 9.59 Å². The molecule has 29 heavy (non-hydrogen) atoms. The molecular formula is C22H29BrN2O4. The number of aromatic nitrogens is 1. The lowest BCUT2D eigenvalue weighted by Gasteiger charge is -2.23. The monoisotopic (exact) mass is 464 g/mol. The van der Waals surface area contributed by atoms with Crippen LogP contribution in [0.15, 0.2) is 45.8 Å². The maximum absolute atomic E-state index is 12.9. The molecule has 0 bridgehead atoms. The molecular weight excluding hydrogens is 436 g/mol. The highest BCUT2D eigenvalue weighted by Crippen LogP contribution is 2.29. The van der Waals surface area contributed by atoms with E-state index < -0.39 is 0 Å². The van der Waals surface area contributed by atoms with Crippen LogP contribution in [0.2, 0.25) is 0 Å². The van der Waals surface area contributed by atoms with Gasteiger partial charge in [-0.25, -0.2) is 0 Å². The van der Waals surface area contributed by atoms with E-state index in [0.717, 1.165) is 22.9 Å². The first-order valence-corrected chi connectivity index (χ1v) is 10.8. The summed E-state index contributed by atoms with van der Waals surface area (Å²) in [4.78, 5) is 26.7. The van der Waals surface area contributed by atoms with Gasteiger partial charge in [0.1, 0.15) is 6.54 Å². The van der Waals surface area contributed by atoms with E-state index in [2.05, 4.69) is 22.9 Å². The largest absolute Gasteiger partial charge is 0.490 e. The fourth-order valence-corrected chi connectivity index (χ4v) is 3.28. The van der Waals surface area contributed by atoms with Gasteiger partial charge in [0.15, 0.2) is 11.5 Å². The fraction of sp³-hybridized carbons (Fsp3) is 0.455. The van der Waals surface area contributed by atoms with Gasteiger partial charge in [-0.3, -0.25) is 9.59 Å². The van der Waals surface area contributed by atoms with E-state index in [1.165, 1.54) is 10.6 Å². The molecule has 1 aromatic heterocycles. The number of halogens is 1. The van der Waals surface area contributed by atoms with Crippen molar-refractivity contribution >= 4 is 21.8 Å². The van der Waals surface area contributed by atoms with Crippen LogP contribution in [-0.2, 0) is 17.9 Å². The number of hydrogen-bond donors (Lipinski definition) is 0. The van der Waals surface area contributed by atoms with Crippen molar-refractivity contribution in [3.8, 4) is 11.5 Å². The van der Waals surface area contributed by atoms with Crippen LogP contribution in [0.3, 0.4) is 0 Å². The maximum atomic E-state index is 12.9. The zero-order chi connectivity index (χ0) is 21.2. The lowest BCUT2D eigenvalue weighted by atomic mass is 10.1. The average molecular weight is 465 g/mol. The van der Waals surface area contributed by atoms with Gasteiger partial charge in [0.2, 0.25) is 5.91 Å². The second-order valence-electron chi connectivity index (χ2n) is 6.69. The Hall–Kier alpha value is -2.28. The highest BCUT2D eigenvalue weighted by Gasteiger charge is 2.16. The molecule has 1 heterocycles. The summed E-state index contributed by atoms with van der Waals surface area (Å²) in [5.41, 5.74) is 0.759. The molecule has 0 atom stereocenters. The molecule has 2 aromatic rings. The summed E-state index contributed by atoms with van der Waals surface area (Å²) in [6.07, 6.45) is 3.38. The number of carbonyl (C=O) groups excluding carboxylic acids is 1. The Kier molecular flexibility index (Phi) is 9.25. The van der Waals surface area contributed by atoms with E-state index in [1.807, 2.05) is 32.0 Å². The third-order valence-corrected chi connectivity index (χ3v) is 4.71. The standard InChI is InChI=1S/C22H29BrN2O4/c1-4-11-24(22(27)16-25-15-18(23)8-10-21(25)26)14-17-7-9-19(29-12-5-2)20(13-17)28-6-3/h7-10,13,15H,4-6,11-12,14,16H2,1-3H3. The van der Waals surface area contributed by atoms with Crippen LogP contribution in [0.1, 0.15) is 39.2 Å². The van der Waals surface area contributed by atoms with Crippen molar-refractivity contribution in [1.82, 2.24) is 9.47 Å². The average Bonchev–Trinajstić information content (AvgIpc) is 2.70. The second-order valence-corrected chi connectivity index (χ2v) is 7.61. The van der Waals surface area contributed by atoms with Crippen molar-refractivity contribution in [2.45, 2.75) is 46.7 Å². The number of nitrogens with zero attached hydrogens (tertiary/aromatic N) is 2. The number of amides is 1. The van der Waals surface area contributed by atoms with Gasteiger partial charge >= 0.3 is 0 Å². The quantitative estimate of drug-likeness (QED) is 0.498. The van der Waals surface area contributed by atoms with Crippen molar-refractivity contribution in [2.24, 2.45) is 0 Å². The van der Waals surface area contributed by atoms with Gasteiger partial charge in [-0.2, -0.15) is 0 Å². The Labute approximate surface area is 180 Å². The maximum Gasteiger partial charge on any atom is 0.251 e. The van der Waals surface area contributed by atoms with Crippen LogP contribution in [0.5, 0.6) is 11.5 Å². The summed E-state index contributed by atoms with van der Waals surface area (Å²) in [5.74, 6) is 1.30. The molecule has 0 aliphatic carbocycles. The van der Waals surface area contributed by atoms with Crippen LogP contribution >= 0.6 is 15.9 Å². The molecule has 1 amide bonds. The number of hydrogen-bond acceptors (Lipinski definition) is 4. The third kappa shape index (κ3) is 6.92. The van der Waals surface area contributed by atoms with Gasteiger partial charge < -0.3 is 18.9 Å². The summed E-state index contributed by atoms with van der Waals surface area (Å²) in [6, 6.07) is 8.89. The summed E-state index contributed by atoms with van der Waals surface area (Å²) in [7, 11) is 0. The summed E-state index contributed by atoms with van der Waals surface area (Å²) in [6.45, 7) is 8.24. The van der Waals surface area contributed by atoms with Gasteiger partial charge in [-0.1, -0.05) is 19.9 Å². The molecule has 0 fully saturated rings. The molecule has 0 aliphatic heterocycles. The van der Waals surface area contributed by atoms with Crippen molar-refractivity contribution in [2.75, 3.05) is 19.8 Å². The van der Waals surface area contributed by atoms with Crippen LogP contribution in [0.25, 0.3) is 0 Å². The number of carbonyl (C=O) groups is 1. The van der Waals surface area contributed by atoms with Crippen LogP contribution in [0, 0.1) is 0 Å². The molecule has 0 N–H and O–H groups in total. The number of rotatable bonds is 11. The molecule has 0 unspecified atom stereocenters. The minimum Gasteiger partial charge on any atom is -0.490 e. The predicted octanol–water partition coefficient (Wildman–Crippen LogP) is 4.24. The van der Waals surface area contributed by atoms with E-state index in [4.69, 9.17) is 9.47 Å². The Balaban J connectivity index is 2.18. The van der Waals surface area contributed by atoms with Gasteiger partial charge in [0.25, 0.3) is 5.56 Å². The molecule has 6 nitrogen and oxygen atoms in total. The van der Waals surface area contributed by atoms with E-state index in [0.29, 0.717) is 37.8 Å². The lowest BCUT2D eigenvalue weighted by molar-refractivity contribution is -0.132. The molecule has 1 aromatic carbocycles. The first-order valence-electron chi connectivity index (χ1n) is 10.0. The topological polar surface area (TPSA) is 60.8 Å². The Bertz CT molecular complexity index is 866. The first-order chi connectivity index (χ1) is 14.0. The minimum absolute atomic E-state index is 0.00822. The number of pyridine rings is 1. The molecule has 2 rings (SSSR count).